The molecule has 0 atom stereocenters. The first-order valence-electron chi connectivity index (χ1n) is 11.7. The normalized spacial score (nSPS) is 11.3. The van der Waals surface area contributed by atoms with E-state index in [-0.39, 0.29) is 11.6 Å². The fourth-order valence-corrected chi connectivity index (χ4v) is 4.01. The quantitative estimate of drug-likeness (QED) is 0.372. The molecular formula is C26H30N6O2. The van der Waals surface area contributed by atoms with E-state index >= 15 is 0 Å². The predicted molar refractivity (Wildman–Crippen MR) is 131 cm³/mol. The van der Waals surface area contributed by atoms with Crippen LogP contribution in [-0.2, 0) is 13.0 Å². The highest BCUT2D eigenvalue weighted by molar-refractivity contribution is 5.78. The molecule has 0 spiro atoms. The molecule has 0 fully saturated rings. The SMILES string of the molecule is CCCC(=O)n1cc(CCC(C)C)n(Cc2ccc(-c3ccccc3-n3cnnn3)cc2)c1=O. The van der Waals surface area contributed by atoms with Gasteiger partial charge in [-0.25, -0.2) is 9.36 Å². The third-order valence-electron chi connectivity index (χ3n) is 5.88. The molecule has 0 unspecified atom stereocenters. The Morgan fingerprint density at radius 3 is 2.50 bits per heavy atom. The van der Waals surface area contributed by atoms with Crippen LogP contribution >= 0.6 is 0 Å². The summed E-state index contributed by atoms with van der Waals surface area (Å²) in [4.78, 5) is 25.6. The van der Waals surface area contributed by atoms with Gasteiger partial charge < -0.3 is 0 Å². The lowest BCUT2D eigenvalue weighted by atomic mass is 10.0. The highest BCUT2D eigenvalue weighted by Gasteiger charge is 2.17. The Bertz CT molecular complexity index is 1300. The van der Waals surface area contributed by atoms with Crippen molar-refractivity contribution in [2.45, 2.75) is 53.0 Å². The highest BCUT2D eigenvalue weighted by atomic mass is 16.2. The minimum absolute atomic E-state index is 0.147. The smallest absolute Gasteiger partial charge is 0.292 e. The summed E-state index contributed by atoms with van der Waals surface area (Å²) in [5.41, 5.74) is 4.56. The zero-order chi connectivity index (χ0) is 24.1. The number of carbonyl (C=O) groups is 1. The molecule has 34 heavy (non-hydrogen) atoms. The van der Waals surface area contributed by atoms with Crippen LogP contribution in [-0.4, -0.2) is 35.2 Å². The van der Waals surface area contributed by atoms with E-state index in [0.29, 0.717) is 25.3 Å². The molecule has 0 aliphatic rings. The lowest BCUT2D eigenvalue weighted by Crippen LogP contribution is -2.29. The Hall–Kier alpha value is -3.81. The topological polar surface area (TPSA) is 87.6 Å². The zero-order valence-corrected chi connectivity index (χ0v) is 19.9. The minimum atomic E-state index is -0.259. The first kappa shape index (κ1) is 23.4. The molecular weight excluding hydrogens is 428 g/mol. The second-order valence-electron chi connectivity index (χ2n) is 8.90. The Balaban J connectivity index is 1.63. The summed E-state index contributed by atoms with van der Waals surface area (Å²) < 4.78 is 4.66. The van der Waals surface area contributed by atoms with Crippen molar-refractivity contribution < 1.29 is 4.79 Å². The number of hydrogen-bond acceptors (Lipinski definition) is 5. The van der Waals surface area contributed by atoms with Gasteiger partial charge in [-0.1, -0.05) is 63.2 Å². The molecule has 2 heterocycles. The van der Waals surface area contributed by atoms with Crippen LogP contribution in [0.15, 0.2) is 65.8 Å². The van der Waals surface area contributed by atoms with Crippen LogP contribution in [0.25, 0.3) is 16.8 Å². The van der Waals surface area contributed by atoms with E-state index in [9.17, 15) is 9.59 Å². The third-order valence-corrected chi connectivity index (χ3v) is 5.88. The van der Waals surface area contributed by atoms with Gasteiger partial charge in [0.15, 0.2) is 0 Å². The first-order chi connectivity index (χ1) is 16.5. The molecule has 0 saturated carbocycles. The highest BCUT2D eigenvalue weighted by Crippen LogP contribution is 2.26. The average Bonchev–Trinajstić information content (AvgIpc) is 3.48. The van der Waals surface area contributed by atoms with Gasteiger partial charge in [-0.05, 0) is 52.8 Å². The second-order valence-corrected chi connectivity index (χ2v) is 8.90. The molecule has 2 aromatic carbocycles. The number of carbonyl (C=O) groups excluding carboxylic acids is 1. The summed E-state index contributed by atoms with van der Waals surface area (Å²) >= 11 is 0. The van der Waals surface area contributed by atoms with E-state index in [2.05, 4.69) is 29.4 Å². The van der Waals surface area contributed by atoms with Crippen LogP contribution in [0.4, 0.5) is 0 Å². The number of rotatable bonds is 9. The number of nitrogens with zero attached hydrogens (tertiary/aromatic N) is 6. The van der Waals surface area contributed by atoms with Crippen molar-refractivity contribution in [3.63, 3.8) is 0 Å². The number of aryl methyl sites for hydroxylation is 1. The predicted octanol–water partition coefficient (Wildman–Crippen LogP) is 4.37. The molecule has 0 aliphatic carbocycles. The molecule has 8 nitrogen and oxygen atoms in total. The first-order valence-corrected chi connectivity index (χ1v) is 11.7. The Kier molecular flexibility index (Phi) is 7.15. The van der Waals surface area contributed by atoms with Gasteiger partial charge in [-0.3, -0.25) is 9.36 Å². The Morgan fingerprint density at radius 2 is 1.82 bits per heavy atom. The molecule has 0 aliphatic heterocycles. The van der Waals surface area contributed by atoms with Crippen molar-refractivity contribution >= 4 is 5.91 Å². The van der Waals surface area contributed by atoms with Crippen molar-refractivity contribution in [3.8, 4) is 16.8 Å². The summed E-state index contributed by atoms with van der Waals surface area (Å²) in [6, 6.07) is 16.0. The summed E-state index contributed by atoms with van der Waals surface area (Å²) in [5, 5.41) is 11.5. The molecule has 4 aromatic rings. The van der Waals surface area contributed by atoms with Gasteiger partial charge in [0, 0.05) is 23.9 Å². The molecule has 176 valence electrons. The summed E-state index contributed by atoms with van der Waals surface area (Å²) in [5.74, 6) is 0.365. The molecule has 8 heteroatoms. The fraction of sp³-hybridized carbons (Fsp3) is 0.346. The number of tetrazole rings is 1. The Morgan fingerprint density at radius 1 is 1.06 bits per heavy atom. The maximum Gasteiger partial charge on any atom is 0.335 e. The van der Waals surface area contributed by atoms with E-state index in [4.69, 9.17) is 0 Å². The van der Waals surface area contributed by atoms with E-state index in [1.165, 1.54) is 4.57 Å². The van der Waals surface area contributed by atoms with Crippen molar-refractivity contribution in [3.05, 3.63) is 82.8 Å². The summed E-state index contributed by atoms with van der Waals surface area (Å²) in [6.45, 7) is 6.69. The number of para-hydroxylation sites is 1. The molecule has 0 bridgehead atoms. The van der Waals surface area contributed by atoms with E-state index in [0.717, 1.165) is 40.9 Å². The summed E-state index contributed by atoms with van der Waals surface area (Å²) in [7, 11) is 0. The van der Waals surface area contributed by atoms with Crippen molar-refractivity contribution in [2.75, 3.05) is 0 Å². The lowest BCUT2D eigenvalue weighted by Gasteiger charge is -2.11. The van der Waals surface area contributed by atoms with Crippen molar-refractivity contribution in [1.29, 1.82) is 0 Å². The number of benzene rings is 2. The van der Waals surface area contributed by atoms with Gasteiger partial charge in [0.2, 0.25) is 5.91 Å². The summed E-state index contributed by atoms with van der Waals surface area (Å²) in [6.07, 6.45) is 6.10. The minimum Gasteiger partial charge on any atom is -0.292 e. The average molecular weight is 459 g/mol. The van der Waals surface area contributed by atoms with Crippen LogP contribution in [0.1, 0.15) is 56.1 Å². The van der Waals surface area contributed by atoms with E-state index in [1.807, 2.05) is 55.5 Å². The maximum atomic E-state index is 13.1. The molecule has 0 saturated heterocycles. The monoisotopic (exact) mass is 458 g/mol. The molecule has 4 rings (SSSR count). The largest absolute Gasteiger partial charge is 0.335 e. The van der Waals surface area contributed by atoms with Crippen LogP contribution in [0, 0.1) is 5.92 Å². The second kappa shape index (κ2) is 10.4. The lowest BCUT2D eigenvalue weighted by molar-refractivity contribution is 0.0897. The molecule has 0 amide bonds. The van der Waals surface area contributed by atoms with Crippen LogP contribution in [0.3, 0.4) is 0 Å². The van der Waals surface area contributed by atoms with Crippen molar-refractivity contribution in [2.24, 2.45) is 5.92 Å². The third kappa shape index (κ3) is 5.06. The van der Waals surface area contributed by atoms with Crippen LogP contribution < -0.4 is 5.69 Å². The standard InChI is InChI=1S/C26H30N6O2/c1-4-7-25(33)31-17-22(15-10-19(2)3)30(26(31)34)16-20-11-13-21(14-12-20)23-8-5-6-9-24(23)32-18-27-28-29-32/h5-6,8-9,11-14,17-19H,4,7,10,15-16H2,1-3H3. The van der Waals surface area contributed by atoms with Gasteiger partial charge in [0.05, 0.1) is 12.2 Å². The molecule has 2 aromatic heterocycles. The van der Waals surface area contributed by atoms with Crippen LogP contribution in [0.2, 0.25) is 0 Å². The maximum absolute atomic E-state index is 13.1. The van der Waals surface area contributed by atoms with Gasteiger partial charge in [-0.2, -0.15) is 4.68 Å². The van der Waals surface area contributed by atoms with Crippen molar-refractivity contribution in [1.82, 2.24) is 29.3 Å². The molecule has 0 N–H and O–H groups in total. The number of hydrogen-bond donors (Lipinski definition) is 0. The molecule has 0 radical (unpaired) electrons. The zero-order valence-electron chi connectivity index (χ0n) is 19.9. The van der Waals surface area contributed by atoms with Gasteiger partial charge in [-0.15, -0.1) is 5.10 Å². The van der Waals surface area contributed by atoms with Gasteiger partial charge >= 0.3 is 5.69 Å². The van der Waals surface area contributed by atoms with E-state index in [1.54, 1.807) is 21.8 Å². The van der Waals surface area contributed by atoms with Gasteiger partial charge in [0.1, 0.15) is 6.33 Å². The van der Waals surface area contributed by atoms with Crippen LogP contribution in [0.5, 0.6) is 0 Å². The van der Waals surface area contributed by atoms with E-state index < -0.39 is 0 Å². The Labute approximate surface area is 198 Å². The van der Waals surface area contributed by atoms with Gasteiger partial charge in [0.25, 0.3) is 0 Å². The number of imidazole rings is 1. The fourth-order valence-electron chi connectivity index (χ4n) is 4.01. The number of aromatic nitrogens is 6.